The number of carbonyl (C=O) groups excluding carboxylic acids is 1. The zero-order valence-corrected chi connectivity index (χ0v) is 16.7. The number of aromatic nitrogens is 4. The fraction of sp³-hybridized carbons (Fsp3) is 0.208. The minimum Gasteiger partial charge on any atom is -0.334 e. The normalized spacial score (nSPS) is 13.1. The van der Waals surface area contributed by atoms with Crippen molar-refractivity contribution < 1.29 is 4.79 Å². The molecule has 0 saturated heterocycles. The SMILES string of the molecule is O=C(Nc1ccc(-c2cn3c(n2)CCCC3)cc1)c1ccc(Cn2ccnc2)cc1. The van der Waals surface area contributed by atoms with E-state index in [0.29, 0.717) is 5.56 Å². The Morgan fingerprint density at radius 2 is 1.87 bits per heavy atom. The van der Waals surface area contributed by atoms with Gasteiger partial charge in [0.2, 0.25) is 0 Å². The van der Waals surface area contributed by atoms with E-state index in [1.807, 2.05) is 59.3 Å². The molecule has 0 radical (unpaired) electrons. The maximum atomic E-state index is 12.6. The van der Waals surface area contributed by atoms with E-state index < -0.39 is 0 Å². The van der Waals surface area contributed by atoms with Crippen molar-refractivity contribution >= 4 is 11.6 Å². The van der Waals surface area contributed by atoms with Gasteiger partial charge in [0.05, 0.1) is 12.0 Å². The van der Waals surface area contributed by atoms with Crippen LogP contribution in [-0.2, 0) is 19.5 Å². The van der Waals surface area contributed by atoms with Gasteiger partial charge in [0.1, 0.15) is 5.82 Å². The Kier molecular flexibility index (Phi) is 4.89. The van der Waals surface area contributed by atoms with Crippen LogP contribution in [0.3, 0.4) is 0 Å². The number of hydrogen-bond donors (Lipinski definition) is 1. The largest absolute Gasteiger partial charge is 0.334 e. The van der Waals surface area contributed by atoms with E-state index >= 15 is 0 Å². The number of benzene rings is 2. The highest BCUT2D eigenvalue weighted by Gasteiger charge is 2.13. The summed E-state index contributed by atoms with van der Waals surface area (Å²) in [6, 6.07) is 15.5. The van der Waals surface area contributed by atoms with Crippen molar-refractivity contribution in [1.29, 1.82) is 0 Å². The highest BCUT2D eigenvalue weighted by molar-refractivity contribution is 6.04. The summed E-state index contributed by atoms with van der Waals surface area (Å²) in [4.78, 5) is 21.4. The lowest BCUT2D eigenvalue weighted by Crippen LogP contribution is -2.11. The molecule has 0 fully saturated rings. The predicted octanol–water partition coefficient (Wildman–Crippen LogP) is 4.38. The lowest BCUT2D eigenvalue weighted by Gasteiger charge is -2.11. The Bertz CT molecular complexity index is 1120. The molecule has 0 spiro atoms. The number of imidazole rings is 2. The molecule has 3 heterocycles. The predicted molar refractivity (Wildman–Crippen MR) is 116 cm³/mol. The molecule has 6 heteroatoms. The van der Waals surface area contributed by atoms with Crippen LogP contribution in [0.4, 0.5) is 5.69 Å². The Morgan fingerprint density at radius 3 is 2.60 bits per heavy atom. The molecule has 0 atom stereocenters. The van der Waals surface area contributed by atoms with Gasteiger partial charge in [0.15, 0.2) is 0 Å². The Labute approximate surface area is 175 Å². The van der Waals surface area contributed by atoms with Gasteiger partial charge in [0, 0.05) is 54.9 Å². The molecule has 0 aliphatic carbocycles. The minimum absolute atomic E-state index is 0.116. The van der Waals surface area contributed by atoms with Crippen LogP contribution in [0.25, 0.3) is 11.3 Å². The molecular weight excluding hydrogens is 374 g/mol. The van der Waals surface area contributed by atoms with Crippen LogP contribution in [0.5, 0.6) is 0 Å². The van der Waals surface area contributed by atoms with E-state index in [0.717, 1.165) is 42.0 Å². The van der Waals surface area contributed by atoms with E-state index in [9.17, 15) is 4.79 Å². The number of aryl methyl sites for hydroxylation is 2. The fourth-order valence-electron chi connectivity index (χ4n) is 3.83. The molecule has 1 aliphatic heterocycles. The first-order chi connectivity index (χ1) is 14.7. The van der Waals surface area contributed by atoms with E-state index in [-0.39, 0.29) is 5.91 Å². The van der Waals surface area contributed by atoms with Crippen LogP contribution < -0.4 is 5.32 Å². The molecule has 1 amide bonds. The van der Waals surface area contributed by atoms with Crippen molar-refractivity contribution in [3.63, 3.8) is 0 Å². The van der Waals surface area contributed by atoms with Crippen LogP contribution in [0.2, 0.25) is 0 Å². The van der Waals surface area contributed by atoms with Crippen molar-refractivity contribution in [1.82, 2.24) is 19.1 Å². The van der Waals surface area contributed by atoms with Gasteiger partial charge in [-0.2, -0.15) is 0 Å². The summed E-state index contributed by atoms with van der Waals surface area (Å²) in [6.45, 7) is 1.79. The smallest absolute Gasteiger partial charge is 0.255 e. The molecule has 1 N–H and O–H groups in total. The third kappa shape index (κ3) is 3.89. The highest BCUT2D eigenvalue weighted by atomic mass is 16.1. The second kappa shape index (κ2) is 7.99. The molecule has 5 rings (SSSR count). The molecule has 0 unspecified atom stereocenters. The first kappa shape index (κ1) is 18.4. The summed E-state index contributed by atoms with van der Waals surface area (Å²) < 4.78 is 4.25. The number of anilines is 1. The molecule has 150 valence electrons. The lowest BCUT2D eigenvalue weighted by atomic mass is 10.1. The Morgan fingerprint density at radius 1 is 1.03 bits per heavy atom. The first-order valence-electron chi connectivity index (χ1n) is 10.3. The number of fused-ring (bicyclic) bond motifs is 1. The average Bonchev–Trinajstić information content (AvgIpc) is 3.44. The van der Waals surface area contributed by atoms with Gasteiger partial charge in [-0.05, 0) is 42.7 Å². The summed E-state index contributed by atoms with van der Waals surface area (Å²) >= 11 is 0. The molecule has 30 heavy (non-hydrogen) atoms. The molecule has 4 aromatic rings. The van der Waals surface area contributed by atoms with Crippen LogP contribution in [0.15, 0.2) is 73.4 Å². The zero-order valence-electron chi connectivity index (χ0n) is 16.7. The summed E-state index contributed by atoms with van der Waals surface area (Å²) in [5.41, 5.74) is 4.60. The third-order valence-corrected chi connectivity index (χ3v) is 5.49. The molecule has 0 saturated carbocycles. The Balaban J connectivity index is 1.24. The summed E-state index contributed by atoms with van der Waals surface area (Å²) in [6.07, 6.45) is 11.1. The molecule has 2 aromatic heterocycles. The van der Waals surface area contributed by atoms with Gasteiger partial charge in [-0.15, -0.1) is 0 Å². The standard InChI is InChI=1S/C24H23N5O/c30-24(20-6-4-18(5-7-20)15-28-14-12-25-17-28)26-21-10-8-19(9-11-21)22-16-29-13-2-1-3-23(29)27-22/h4-12,14,16-17H,1-3,13,15H2,(H,26,30). The molecule has 2 aromatic carbocycles. The van der Waals surface area contributed by atoms with Crippen LogP contribution in [0.1, 0.15) is 34.6 Å². The van der Waals surface area contributed by atoms with Gasteiger partial charge in [0.25, 0.3) is 5.91 Å². The highest BCUT2D eigenvalue weighted by Crippen LogP contribution is 2.24. The summed E-state index contributed by atoms with van der Waals surface area (Å²) in [5.74, 6) is 1.06. The van der Waals surface area contributed by atoms with E-state index in [2.05, 4.69) is 21.1 Å². The summed E-state index contributed by atoms with van der Waals surface area (Å²) in [5, 5.41) is 2.97. The number of rotatable bonds is 5. The molecule has 0 bridgehead atoms. The number of nitrogens with zero attached hydrogens (tertiary/aromatic N) is 4. The van der Waals surface area contributed by atoms with Gasteiger partial charge in [-0.1, -0.05) is 24.3 Å². The van der Waals surface area contributed by atoms with Gasteiger partial charge in [-0.25, -0.2) is 9.97 Å². The van der Waals surface area contributed by atoms with Crippen LogP contribution in [0, 0.1) is 0 Å². The average molecular weight is 397 g/mol. The first-order valence-corrected chi connectivity index (χ1v) is 10.3. The zero-order chi connectivity index (χ0) is 20.3. The Hall–Kier alpha value is -3.67. The number of hydrogen-bond acceptors (Lipinski definition) is 3. The maximum Gasteiger partial charge on any atom is 0.255 e. The molecule has 1 aliphatic rings. The quantitative estimate of drug-likeness (QED) is 0.543. The monoisotopic (exact) mass is 397 g/mol. The van der Waals surface area contributed by atoms with Crippen molar-refractivity contribution in [2.45, 2.75) is 32.4 Å². The van der Waals surface area contributed by atoms with Gasteiger partial charge < -0.3 is 14.5 Å². The van der Waals surface area contributed by atoms with E-state index in [1.165, 1.54) is 18.7 Å². The van der Waals surface area contributed by atoms with Crippen molar-refractivity contribution in [2.75, 3.05) is 5.32 Å². The second-order valence-electron chi connectivity index (χ2n) is 7.66. The molecule has 6 nitrogen and oxygen atoms in total. The maximum absolute atomic E-state index is 12.6. The van der Waals surface area contributed by atoms with Gasteiger partial charge >= 0.3 is 0 Å². The third-order valence-electron chi connectivity index (χ3n) is 5.49. The molecular formula is C24H23N5O. The summed E-state index contributed by atoms with van der Waals surface area (Å²) in [7, 11) is 0. The number of carbonyl (C=O) groups is 1. The fourth-order valence-corrected chi connectivity index (χ4v) is 3.83. The van der Waals surface area contributed by atoms with Crippen molar-refractivity contribution in [3.05, 3.63) is 90.4 Å². The van der Waals surface area contributed by atoms with E-state index in [1.54, 1.807) is 12.5 Å². The van der Waals surface area contributed by atoms with Crippen molar-refractivity contribution in [2.24, 2.45) is 0 Å². The topological polar surface area (TPSA) is 64.7 Å². The minimum atomic E-state index is -0.116. The van der Waals surface area contributed by atoms with Crippen LogP contribution in [-0.4, -0.2) is 25.0 Å². The lowest BCUT2D eigenvalue weighted by molar-refractivity contribution is 0.102. The van der Waals surface area contributed by atoms with E-state index in [4.69, 9.17) is 4.98 Å². The second-order valence-corrected chi connectivity index (χ2v) is 7.66. The van der Waals surface area contributed by atoms with Crippen molar-refractivity contribution in [3.8, 4) is 11.3 Å². The van der Waals surface area contributed by atoms with Gasteiger partial charge in [-0.3, -0.25) is 4.79 Å². The number of nitrogens with one attached hydrogen (secondary N) is 1. The number of amides is 1. The van der Waals surface area contributed by atoms with Crippen LogP contribution >= 0.6 is 0 Å².